The Balaban J connectivity index is 0.000000620. The number of rotatable bonds is 14. The molecule has 0 unspecified atom stereocenters. The molecule has 2 aromatic carbocycles. The zero-order valence-electron chi connectivity index (χ0n) is 32.5. The third-order valence-electron chi connectivity index (χ3n) is 8.57. The van der Waals surface area contributed by atoms with Crippen molar-refractivity contribution >= 4 is 48.4 Å². The molecule has 0 saturated carbocycles. The summed E-state index contributed by atoms with van der Waals surface area (Å²) in [4.78, 5) is 46.4. The van der Waals surface area contributed by atoms with Crippen molar-refractivity contribution < 1.29 is 33.0 Å². The van der Waals surface area contributed by atoms with Gasteiger partial charge < -0.3 is 35.6 Å². The quantitative estimate of drug-likeness (QED) is 0.0594. The number of piperazine rings is 1. The molecule has 1 saturated heterocycles. The highest BCUT2D eigenvalue weighted by Crippen LogP contribution is 2.29. The molecule has 4 N–H and O–H groups in total. The maximum Gasteiger partial charge on any atom is 0.292 e. The number of nitrogens with one attached hydrogen (secondary N) is 3. The van der Waals surface area contributed by atoms with Gasteiger partial charge in [0.1, 0.15) is 23.8 Å². The minimum atomic E-state index is -2.72. The first-order valence-corrected chi connectivity index (χ1v) is 18.2. The molecule has 13 nitrogen and oxygen atoms in total. The number of carbonyl (C=O) groups excluding carboxylic acids is 3. The highest BCUT2D eigenvalue weighted by atomic mass is 35.5. The summed E-state index contributed by atoms with van der Waals surface area (Å²) in [7, 11) is 3.28. The number of aliphatic hydroxyl groups excluding tert-OH is 1. The topological polar surface area (TPSA) is 151 Å². The molecule has 0 atom stereocenters. The Bertz CT molecular complexity index is 1750. The van der Waals surface area contributed by atoms with E-state index in [4.69, 9.17) is 16.3 Å². The number of fused-ring (bicyclic) bond motifs is 1. The summed E-state index contributed by atoms with van der Waals surface area (Å²) in [6, 6.07) is 9.65. The Morgan fingerprint density at radius 1 is 1.04 bits per heavy atom. The molecule has 0 spiro atoms. The standard InChI is InChI=1S/C27H36ClF2N7O4.C10H11NO.C2H6/c1-7-20(32-5)23(35-10-12-36(13-11-35)26(40)16(2)24(39)17(3)31-4)27(41)37(33-6)15-22(38)34-21-9-8-18(25(29)30)14-19(21)28;1-11-7-8-2-3-10-9(6-8)4-5-12-10;1-2/h8-9,14,25,31-32,39H,2,6-7,10-13,15H2,1,3-5H3,(H,34,38);2-3,6H,1,4-5,7H2;1-2H3/b23-20+,24-17+;;. The summed E-state index contributed by atoms with van der Waals surface area (Å²) in [5.41, 5.74) is 3.54. The molecule has 16 heteroatoms. The van der Waals surface area contributed by atoms with E-state index in [2.05, 4.69) is 52.1 Å². The predicted octanol–water partition coefficient (Wildman–Crippen LogP) is 6.06. The number of anilines is 1. The predicted molar refractivity (Wildman–Crippen MR) is 215 cm³/mol. The van der Waals surface area contributed by atoms with E-state index in [-0.39, 0.29) is 59.5 Å². The highest BCUT2D eigenvalue weighted by Gasteiger charge is 2.32. The fourth-order valence-electron chi connectivity index (χ4n) is 5.56. The second-order valence-corrected chi connectivity index (χ2v) is 12.3. The first kappa shape index (κ1) is 45.7. The number of hydrogen-bond acceptors (Lipinski definition) is 10. The molecule has 0 aromatic heterocycles. The Morgan fingerprint density at radius 2 is 1.69 bits per heavy atom. The fourth-order valence-corrected chi connectivity index (χ4v) is 5.79. The molecule has 1 fully saturated rings. The number of hydrogen-bond donors (Lipinski definition) is 4. The Morgan fingerprint density at radius 3 is 2.24 bits per heavy atom. The van der Waals surface area contributed by atoms with Crippen molar-refractivity contribution in [3.8, 4) is 5.75 Å². The number of carbonyl (C=O) groups is 3. The van der Waals surface area contributed by atoms with Crippen LogP contribution in [0.2, 0.25) is 5.02 Å². The van der Waals surface area contributed by atoms with Crippen LogP contribution in [-0.2, 0) is 27.3 Å². The minimum absolute atomic E-state index is 0.0430. The first-order chi connectivity index (χ1) is 26.3. The second kappa shape index (κ2) is 22.7. The SMILES string of the molecule is C=NCc1ccc2c(c1)CCO2.C=NN(CC(=O)Nc1ccc(C(F)F)cc1Cl)C(=O)/C(=C(/CC)NC)N1CCN(C(=O)C(=C)/C(O)=C(/C)NC)CC1.CC. The van der Waals surface area contributed by atoms with Gasteiger partial charge in [0.15, 0.2) is 0 Å². The molecule has 2 heterocycles. The van der Waals surface area contributed by atoms with E-state index in [9.17, 15) is 28.3 Å². The van der Waals surface area contributed by atoms with Crippen LogP contribution in [0.1, 0.15) is 57.2 Å². The van der Waals surface area contributed by atoms with Crippen molar-refractivity contribution in [2.75, 3.05) is 58.7 Å². The number of ether oxygens (including phenoxy) is 1. The van der Waals surface area contributed by atoms with Gasteiger partial charge in [-0.1, -0.05) is 57.2 Å². The molecule has 4 rings (SSSR count). The lowest BCUT2D eigenvalue weighted by molar-refractivity contribution is -0.133. The van der Waals surface area contributed by atoms with Gasteiger partial charge in [0.25, 0.3) is 18.2 Å². The van der Waals surface area contributed by atoms with Gasteiger partial charge in [-0.25, -0.2) is 13.8 Å². The third kappa shape index (κ3) is 12.6. The van der Waals surface area contributed by atoms with Crippen LogP contribution in [0.3, 0.4) is 0 Å². The number of allylic oxidation sites excluding steroid dienone is 2. The van der Waals surface area contributed by atoms with Crippen molar-refractivity contribution in [2.24, 2.45) is 10.1 Å². The van der Waals surface area contributed by atoms with Crippen LogP contribution in [0.15, 0.2) is 81.5 Å². The lowest BCUT2D eigenvalue weighted by Gasteiger charge is -2.38. The summed E-state index contributed by atoms with van der Waals surface area (Å²) in [6.07, 6.45) is -1.23. The molecule has 3 amide bonds. The van der Waals surface area contributed by atoms with Gasteiger partial charge in [-0.2, -0.15) is 5.10 Å². The van der Waals surface area contributed by atoms with Crippen molar-refractivity contribution in [3.05, 3.63) is 93.1 Å². The van der Waals surface area contributed by atoms with Crippen molar-refractivity contribution in [3.63, 3.8) is 0 Å². The number of amides is 3. The summed E-state index contributed by atoms with van der Waals surface area (Å²) in [5, 5.41) is 23.1. The second-order valence-electron chi connectivity index (χ2n) is 11.9. The van der Waals surface area contributed by atoms with Crippen LogP contribution < -0.4 is 20.7 Å². The van der Waals surface area contributed by atoms with Gasteiger partial charge in [0, 0.05) is 64.7 Å². The lowest BCUT2D eigenvalue weighted by atomic mass is 10.1. The molecule has 0 bridgehead atoms. The van der Waals surface area contributed by atoms with E-state index in [1.165, 1.54) is 22.1 Å². The lowest BCUT2D eigenvalue weighted by Crippen LogP contribution is -2.51. The molecular formula is C39H53ClF2N8O5. The van der Waals surface area contributed by atoms with E-state index in [1.54, 1.807) is 25.9 Å². The number of nitrogens with zero attached hydrogens (tertiary/aromatic N) is 5. The fraction of sp³-hybridized carbons (Fsp3) is 0.410. The van der Waals surface area contributed by atoms with E-state index in [0.717, 1.165) is 35.9 Å². The summed E-state index contributed by atoms with van der Waals surface area (Å²) in [5.74, 6) is -0.892. The number of aliphatic hydroxyl groups is 1. The van der Waals surface area contributed by atoms with Crippen LogP contribution in [0.25, 0.3) is 0 Å². The van der Waals surface area contributed by atoms with Crippen LogP contribution in [0.5, 0.6) is 5.75 Å². The molecule has 55 heavy (non-hydrogen) atoms. The van der Waals surface area contributed by atoms with Crippen LogP contribution >= 0.6 is 11.6 Å². The average molecular weight is 787 g/mol. The first-order valence-electron chi connectivity index (χ1n) is 17.8. The van der Waals surface area contributed by atoms with Gasteiger partial charge in [-0.3, -0.25) is 19.4 Å². The zero-order chi connectivity index (χ0) is 41.2. The molecule has 300 valence electrons. The maximum absolute atomic E-state index is 13.7. The van der Waals surface area contributed by atoms with Crippen molar-refractivity contribution in [1.82, 2.24) is 25.4 Å². The summed E-state index contributed by atoms with van der Waals surface area (Å²) < 4.78 is 31.2. The van der Waals surface area contributed by atoms with Crippen molar-refractivity contribution in [1.29, 1.82) is 0 Å². The number of benzene rings is 2. The van der Waals surface area contributed by atoms with Gasteiger partial charge in [-0.05, 0) is 49.4 Å². The van der Waals surface area contributed by atoms with E-state index in [0.29, 0.717) is 24.4 Å². The summed E-state index contributed by atoms with van der Waals surface area (Å²) in [6.45, 7) is 20.1. The smallest absolute Gasteiger partial charge is 0.292 e. The average Bonchev–Trinajstić information content (AvgIpc) is 3.67. The Hall–Kier alpha value is -5.44. The third-order valence-corrected chi connectivity index (χ3v) is 8.88. The number of aliphatic imine (C=N–C) groups is 1. The van der Waals surface area contributed by atoms with Crippen LogP contribution in [0.4, 0.5) is 14.5 Å². The zero-order valence-corrected chi connectivity index (χ0v) is 33.2. The number of alkyl halides is 2. The Kier molecular flexibility index (Phi) is 18.9. The molecule has 2 aromatic rings. The van der Waals surface area contributed by atoms with Gasteiger partial charge >= 0.3 is 0 Å². The van der Waals surface area contributed by atoms with Crippen LogP contribution in [-0.4, -0.2) is 104 Å². The molecule has 0 aliphatic carbocycles. The monoisotopic (exact) mass is 786 g/mol. The van der Waals surface area contributed by atoms with E-state index < -0.39 is 30.7 Å². The van der Waals surface area contributed by atoms with Gasteiger partial charge in [-0.15, -0.1) is 0 Å². The van der Waals surface area contributed by atoms with Gasteiger partial charge in [0.05, 0.1) is 35.1 Å². The molecule has 0 radical (unpaired) electrons. The Labute approximate surface area is 327 Å². The van der Waals surface area contributed by atoms with E-state index in [1.807, 2.05) is 32.9 Å². The number of hydrazone groups is 1. The maximum atomic E-state index is 13.7. The molecule has 2 aliphatic rings. The summed E-state index contributed by atoms with van der Waals surface area (Å²) >= 11 is 6.04. The number of halogens is 3. The molecule has 2 aliphatic heterocycles. The normalized spacial score (nSPS) is 13.9. The minimum Gasteiger partial charge on any atom is -0.505 e. The van der Waals surface area contributed by atoms with E-state index >= 15 is 0 Å². The van der Waals surface area contributed by atoms with Crippen LogP contribution in [0, 0.1) is 0 Å². The van der Waals surface area contributed by atoms with Crippen molar-refractivity contribution in [2.45, 2.75) is 53.5 Å². The molecular weight excluding hydrogens is 734 g/mol. The highest BCUT2D eigenvalue weighted by molar-refractivity contribution is 6.33. The van der Waals surface area contributed by atoms with Gasteiger partial charge in [0.2, 0.25) is 5.91 Å². The largest absolute Gasteiger partial charge is 0.505 e.